The van der Waals surface area contributed by atoms with Crippen LogP contribution in [0.15, 0.2) is 24.3 Å². The van der Waals surface area contributed by atoms with Crippen molar-refractivity contribution in [3.05, 3.63) is 29.8 Å². The quantitative estimate of drug-likeness (QED) is 0.548. The minimum Gasteiger partial charge on any atom is -0.459 e. The smallest absolute Gasteiger partial charge is 0.319 e. The van der Waals surface area contributed by atoms with E-state index in [1.165, 1.54) is 16.2 Å². The molecule has 1 spiro atoms. The second kappa shape index (κ2) is 9.67. The highest BCUT2D eigenvalue weighted by molar-refractivity contribution is 7.23. The Balaban J connectivity index is 1.28. The summed E-state index contributed by atoms with van der Waals surface area (Å²) in [5.41, 5.74) is -0.141. The van der Waals surface area contributed by atoms with E-state index in [0.29, 0.717) is 36.2 Å². The van der Waals surface area contributed by atoms with Crippen LogP contribution in [0.1, 0.15) is 63.2 Å². The Kier molecular flexibility index (Phi) is 6.72. The lowest BCUT2D eigenvalue weighted by atomic mass is 9.74. The number of thiophene rings is 1. The number of amides is 3. The number of anilines is 1. The molecule has 0 bridgehead atoms. The van der Waals surface area contributed by atoms with Crippen molar-refractivity contribution in [2.45, 2.75) is 64.5 Å². The highest BCUT2D eigenvalue weighted by Gasteiger charge is 2.56. The van der Waals surface area contributed by atoms with Crippen molar-refractivity contribution in [2.75, 3.05) is 38.0 Å². The molecular formula is C27H37N4O4S+. The summed E-state index contributed by atoms with van der Waals surface area (Å²) >= 11 is 1.44. The number of likely N-dealkylation sites (tertiary alicyclic amines) is 2. The summed E-state index contributed by atoms with van der Waals surface area (Å²) in [6.07, 6.45) is 4.58. The molecule has 8 nitrogen and oxygen atoms in total. The van der Waals surface area contributed by atoms with E-state index in [1.54, 1.807) is 0 Å². The normalized spacial score (nSPS) is 26.2. The maximum atomic E-state index is 13.7. The number of benzene rings is 1. The topological polar surface area (TPSA) is 92.2 Å². The number of nitrogens with zero attached hydrogens (tertiary/aromatic N) is 1. The lowest BCUT2D eigenvalue weighted by molar-refractivity contribution is -0.937. The third-order valence-electron chi connectivity index (χ3n) is 8.02. The van der Waals surface area contributed by atoms with Crippen LogP contribution < -0.4 is 15.5 Å². The average Bonchev–Trinajstić information content (AvgIpc) is 3.31. The summed E-state index contributed by atoms with van der Waals surface area (Å²) in [4.78, 5) is 42.2. The van der Waals surface area contributed by atoms with Gasteiger partial charge in [0.05, 0.1) is 24.7 Å². The van der Waals surface area contributed by atoms with Crippen molar-refractivity contribution in [1.29, 1.82) is 0 Å². The zero-order valence-electron chi connectivity index (χ0n) is 21.4. The van der Waals surface area contributed by atoms with Crippen LogP contribution in [0.3, 0.4) is 0 Å². The van der Waals surface area contributed by atoms with Gasteiger partial charge in [0.1, 0.15) is 16.0 Å². The number of ether oxygens (including phenoxy) is 1. The van der Waals surface area contributed by atoms with E-state index in [1.807, 2.05) is 49.9 Å². The van der Waals surface area contributed by atoms with E-state index in [0.717, 1.165) is 55.3 Å². The number of esters is 1. The van der Waals surface area contributed by atoms with E-state index < -0.39 is 0 Å². The van der Waals surface area contributed by atoms with E-state index in [2.05, 4.69) is 10.6 Å². The summed E-state index contributed by atoms with van der Waals surface area (Å²) in [6.45, 7) is 9.68. The van der Waals surface area contributed by atoms with Crippen molar-refractivity contribution in [2.24, 2.45) is 5.41 Å². The van der Waals surface area contributed by atoms with Crippen LogP contribution in [0.2, 0.25) is 0 Å². The molecule has 3 fully saturated rings. The molecule has 1 unspecified atom stereocenters. The molecule has 36 heavy (non-hydrogen) atoms. The Morgan fingerprint density at radius 3 is 2.67 bits per heavy atom. The monoisotopic (exact) mass is 513 g/mol. The number of rotatable bonds is 4. The first-order valence-electron chi connectivity index (χ1n) is 13.1. The van der Waals surface area contributed by atoms with Crippen LogP contribution in [-0.2, 0) is 9.53 Å². The number of hydrogen-bond donors (Lipinski definition) is 3. The number of carbonyl (C=O) groups excluding carboxylic acids is 3. The molecule has 5 rings (SSSR count). The Morgan fingerprint density at radius 2 is 1.97 bits per heavy atom. The molecule has 2 aromatic rings. The number of piperidine rings is 2. The first-order chi connectivity index (χ1) is 17.2. The Morgan fingerprint density at radius 1 is 1.22 bits per heavy atom. The van der Waals surface area contributed by atoms with Crippen molar-refractivity contribution in [3.8, 4) is 0 Å². The molecule has 0 aliphatic carbocycles. The largest absolute Gasteiger partial charge is 0.459 e. The van der Waals surface area contributed by atoms with Crippen LogP contribution in [0, 0.1) is 5.41 Å². The molecule has 3 saturated heterocycles. The highest BCUT2D eigenvalue weighted by atomic mass is 32.1. The number of cyclic esters (lactones) is 1. The van der Waals surface area contributed by atoms with Crippen molar-refractivity contribution in [3.63, 3.8) is 0 Å². The van der Waals surface area contributed by atoms with Crippen LogP contribution in [0.5, 0.6) is 0 Å². The molecule has 0 saturated carbocycles. The molecule has 3 aliphatic heterocycles. The molecular weight excluding hydrogens is 476 g/mol. The zero-order valence-corrected chi connectivity index (χ0v) is 22.3. The Labute approximate surface area is 216 Å². The molecule has 4 heterocycles. The van der Waals surface area contributed by atoms with Gasteiger partial charge in [0.25, 0.3) is 5.91 Å². The van der Waals surface area contributed by atoms with E-state index in [-0.39, 0.29) is 28.9 Å². The minimum absolute atomic E-state index is 0.0196. The third-order valence-corrected chi connectivity index (χ3v) is 9.10. The lowest BCUT2D eigenvalue weighted by Gasteiger charge is -2.42. The van der Waals surface area contributed by atoms with Gasteiger partial charge in [-0.05, 0) is 39.7 Å². The number of quaternary nitrogens is 1. The second-order valence-corrected chi connectivity index (χ2v) is 12.2. The van der Waals surface area contributed by atoms with Crippen molar-refractivity contribution < 1.29 is 24.0 Å². The van der Waals surface area contributed by atoms with Gasteiger partial charge in [0.15, 0.2) is 0 Å². The number of urea groups is 1. The number of nitrogens with one attached hydrogen (secondary N) is 3. The molecule has 194 valence electrons. The molecule has 0 radical (unpaired) electrons. The minimum atomic E-state index is -0.377. The predicted molar refractivity (Wildman–Crippen MR) is 141 cm³/mol. The van der Waals surface area contributed by atoms with Gasteiger partial charge in [-0.2, -0.15) is 0 Å². The lowest BCUT2D eigenvalue weighted by Crippen LogP contribution is -3.18. The summed E-state index contributed by atoms with van der Waals surface area (Å²) < 4.78 is 6.70. The molecule has 3 N–H and O–H groups in total. The first-order valence-corrected chi connectivity index (χ1v) is 14.0. The summed E-state index contributed by atoms with van der Waals surface area (Å²) in [6, 6.07) is 7.95. The molecule has 1 aromatic heterocycles. The maximum absolute atomic E-state index is 13.7. The maximum Gasteiger partial charge on any atom is 0.319 e. The summed E-state index contributed by atoms with van der Waals surface area (Å²) in [5.74, 6) is -0.0438. The van der Waals surface area contributed by atoms with Crippen molar-refractivity contribution >= 4 is 44.3 Å². The van der Waals surface area contributed by atoms with Gasteiger partial charge in [0.2, 0.25) is 0 Å². The predicted octanol–water partition coefficient (Wildman–Crippen LogP) is 3.04. The van der Waals surface area contributed by atoms with Gasteiger partial charge in [-0.15, -0.1) is 11.3 Å². The van der Waals surface area contributed by atoms with Crippen LogP contribution in [0.25, 0.3) is 10.1 Å². The van der Waals surface area contributed by atoms with E-state index >= 15 is 0 Å². The van der Waals surface area contributed by atoms with E-state index in [9.17, 15) is 14.4 Å². The van der Waals surface area contributed by atoms with Crippen LogP contribution in [-0.4, -0.2) is 67.2 Å². The van der Waals surface area contributed by atoms with Gasteiger partial charge in [0, 0.05) is 49.0 Å². The van der Waals surface area contributed by atoms with Gasteiger partial charge in [-0.25, -0.2) is 4.79 Å². The number of fused-ring (bicyclic) bond motifs is 1. The Bertz CT molecular complexity index is 1170. The third kappa shape index (κ3) is 4.70. The molecule has 2 atom stereocenters. The van der Waals surface area contributed by atoms with Gasteiger partial charge < -0.3 is 19.9 Å². The second-order valence-electron chi connectivity index (χ2n) is 11.1. The van der Waals surface area contributed by atoms with Crippen LogP contribution in [0.4, 0.5) is 9.80 Å². The van der Waals surface area contributed by atoms with Crippen LogP contribution >= 0.6 is 11.3 Å². The Hall–Kier alpha value is -2.65. The molecule has 9 heteroatoms. The van der Waals surface area contributed by atoms with Gasteiger partial charge >= 0.3 is 12.0 Å². The molecule has 3 aliphatic rings. The van der Waals surface area contributed by atoms with Gasteiger partial charge in [-0.1, -0.05) is 18.2 Å². The fourth-order valence-electron chi connectivity index (χ4n) is 6.52. The standard InChI is InChI=1S/C27H36N4O4S/c1-4-28-25(34)29-22-21(19-8-5-6-9-20(19)36-22)23(32)30-14-10-18(11-15-30)31-13-7-12-27(17-31)16-26(2,3)35-24(27)33/h5-6,8-9,18H,4,7,10-17H2,1-3H3,(H2,28,29,34)/p+1/t27-/m0/s1. The summed E-state index contributed by atoms with van der Waals surface area (Å²) in [7, 11) is 0. The fourth-order valence-corrected chi connectivity index (χ4v) is 7.61. The SMILES string of the molecule is CCNC(=O)Nc1sc2ccccc2c1C(=O)N1CCC([NH+]2CCC[C@@]3(C2)CC(C)(C)OC3=O)CC1. The molecule has 1 aromatic carbocycles. The average molecular weight is 514 g/mol. The van der Waals surface area contributed by atoms with Gasteiger partial charge in [-0.3, -0.25) is 14.9 Å². The fraction of sp³-hybridized carbons (Fsp3) is 0.593. The van der Waals surface area contributed by atoms with E-state index in [4.69, 9.17) is 4.74 Å². The van der Waals surface area contributed by atoms with Crippen molar-refractivity contribution in [1.82, 2.24) is 10.2 Å². The zero-order chi connectivity index (χ0) is 25.5. The first kappa shape index (κ1) is 25.0. The highest BCUT2D eigenvalue weighted by Crippen LogP contribution is 2.44. The number of carbonyl (C=O) groups is 3. The summed E-state index contributed by atoms with van der Waals surface area (Å²) in [5, 5.41) is 7.12. The molecule has 3 amide bonds. The number of hydrogen-bond acceptors (Lipinski definition) is 5.